The van der Waals surface area contributed by atoms with Crippen molar-refractivity contribution in [3.05, 3.63) is 17.3 Å². The molecule has 0 radical (unpaired) electrons. The third-order valence-electron chi connectivity index (χ3n) is 4.09. The molecular weight excluding hydrogens is 288 g/mol. The van der Waals surface area contributed by atoms with Crippen LogP contribution in [0.5, 0.6) is 5.88 Å². The summed E-state index contributed by atoms with van der Waals surface area (Å²) >= 11 is 6.07. The molecule has 1 fully saturated rings. The Morgan fingerprint density at radius 3 is 2.43 bits per heavy atom. The predicted octanol–water partition coefficient (Wildman–Crippen LogP) is 3.21. The summed E-state index contributed by atoms with van der Waals surface area (Å²) in [5, 5.41) is 0.544. The molecule has 0 aromatic carbocycles. The molecule has 0 N–H and O–H groups in total. The molecule has 1 aromatic rings. The molecule has 2 rings (SSSR count). The van der Waals surface area contributed by atoms with E-state index in [1.165, 1.54) is 0 Å². The van der Waals surface area contributed by atoms with Gasteiger partial charge in [-0.3, -0.25) is 0 Å². The molecule has 116 valence electrons. The van der Waals surface area contributed by atoms with Crippen molar-refractivity contribution in [1.82, 2.24) is 4.98 Å². The second kappa shape index (κ2) is 6.15. The van der Waals surface area contributed by atoms with Gasteiger partial charge in [0.05, 0.1) is 22.8 Å². The third kappa shape index (κ3) is 3.53. The normalized spacial score (nSPS) is 19.8. The number of hydrogen-bond acceptors (Lipinski definition) is 4. The SMILES string of the molecule is CCCCOc1ncc(Cl)cc1B1OC(C)(C)C(C)(C)O1. The summed E-state index contributed by atoms with van der Waals surface area (Å²) < 4.78 is 17.9. The molecule has 4 nitrogen and oxygen atoms in total. The highest BCUT2D eigenvalue weighted by Gasteiger charge is 2.52. The topological polar surface area (TPSA) is 40.6 Å². The van der Waals surface area contributed by atoms with Crippen molar-refractivity contribution in [2.45, 2.75) is 58.7 Å². The minimum absolute atomic E-state index is 0.402. The monoisotopic (exact) mass is 311 g/mol. The Hall–Kier alpha value is -0.775. The lowest BCUT2D eigenvalue weighted by atomic mass is 9.80. The third-order valence-corrected chi connectivity index (χ3v) is 4.30. The van der Waals surface area contributed by atoms with Gasteiger partial charge in [-0.25, -0.2) is 4.98 Å². The first-order valence-electron chi connectivity index (χ1n) is 7.41. The maximum absolute atomic E-state index is 6.07. The molecule has 21 heavy (non-hydrogen) atoms. The van der Waals surface area contributed by atoms with Gasteiger partial charge >= 0.3 is 7.12 Å². The van der Waals surface area contributed by atoms with Gasteiger partial charge in [-0.15, -0.1) is 0 Å². The molecule has 1 aliphatic heterocycles. The van der Waals surface area contributed by atoms with E-state index in [0.29, 0.717) is 17.5 Å². The van der Waals surface area contributed by atoms with Gasteiger partial charge in [-0.05, 0) is 40.2 Å². The Balaban J connectivity index is 2.25. The quantitative estimate of drug-likeness (QED) is 0.618. The van der Waals surface area contributed by atoms with Gasteiger partial charge < -0.3 is 14.0 Å². The molecule has 6 heteroatoms. The van der Waals surface area contributed by atoms with Crippen LogP contribution in [0.3, 0.4) is 0 Å². The average Bonchev–Trinajstić information content (AvgIpc) is 2.60. The number of aromatic nitrogens is 1. The van der Waals surface area contributed by atoms with E-state index in [1.54, 1.807) is 12.3 Å². The van der Waals surface area contributed by atoms with Crippen molar-refractivity contribution >= 4 is 24.2 Å². The van der Waals surface area contributed by atoms with E-state index in [4.69, 9.17) is 25.6 Å². The lowest BCUT2D eigenvalue weighted by molar-refractivity contribution is 0.00578. The number of pyridine rings is 1. The van der Waals surface area contributed by atoms with Crippen LogP contribution in [0.4, 0.5) is 0 Å². The van der Waals surface area contributed by atoms with E-state index < -0.39 is 18.3 Å². The lowest BCUT2D eigenvalue weighted by Crippen LogP contribution is -2.41. The van der Waals surface area contributed by atoms with Crippen LogP contribution in [0.25, 0.3) is 0 Å². The molecule has 1 saturated heterocycles. The van der Waals surface area contributed by atoms with Gasteiger partial charge in [-0.1, -0.05) is 24.9 Å². The van der Waals surface area contributed by atoms with Crippen LogP contribution in [0, 0.1) is 0 Å². The molecule has 2 heterocycles. The average molecular weight is 312 g/mol. The van der Waals surface area contributed by atoms with Crippen molar-refractivity contribution in [3.63, 3.8) is 0 Å². The highest BCUT2D eigenvalue weighted by molar-refractivity contribution is 6.63. The standard InChI is InChI=1S/C15H23BClNO3/c1-6-7-8-19-13-12(9-11(17)10-18-13)16-20-14(2,3)15(4,5)21-16/h9-10H,6-8H2,1-5H3. The maximum atomic E-state index is 6.07. The fraction of sp³-hybridized carbons (Fsp3) is 0.667. The van der Waals surface area contributed by atoms with E-state index in [-0.39, 0.29) is 0 Å². The molecule has 0 bridgehead atoms. The van der Waals surface area contributed by atoms with Gasteiger partial charge in [0.1, 0.15) is 0 Å². The number of hydrogen-bond donors (Lipinski definition) is 0. The first-order chi connectivity index (χ1) is 9.77. The second-order valence-corrected chi connectivity index (χ2v) is 6.77. The highest BCUT2D eigenvalue weighted by Crippen LogP contribution is 2.37. The Labute approximate surface area is 132 Å². The Kier molecular flexibility index (Phi) is 4.86. The molecule has 0 aliphatic carbocycles. The van der Waals surface area contributed by atoms with Crippen LogP contribution in [0.15, 0.2) is 12.3 Å². The van der Waals surface area contributed by atoms with Gasteiger partial charge in [-0.2, -0.15) is 0 Å². The van der Waals surface area contributed by atoms with Crippen molar-refractivity contribution < 1.29 is 14.0 Å². The minimum Gasteiger partial charge on any atom is -0.478 e. The molecule has 1 aromatic heterocycles. The van der Waals surface area contributed by atoms with Crippen molar-refractivity contribution in [1.29, 1.82) is 0 Å². The Morgan fingerprint density at radius 2 is 1.86 bits per heavy atom. The molecule has 0 unspecified atom stereocenters. The molecule has 0 spiro atoms. The lowest BCUT2D eigenvalue weighted by Gasteiger charge is -2.32. The van der Waals surface area contributed by atoms with E-state index in [0.717, 1.165) is 18.3 Å². The number of rotatable bonds is 5. The smallest absolute Gasteiger partial charge is 0.478 e. The number of halogens is 1. The number of unbranched alkanes of at least 4 members (excludes halogenated alkanes) is 1. The summed E-state index contributed by atoms with van der Waals surface area (Å²) in [5.74, 6) is 0.534. The first-order valence-corrected chi connectivity index (χ1v) is 7.78. The molecule has 0 amide bonds. The Bertz CT molecular complexity index is 492. The molecule has 1 aliphatic rings. The van der Waals surface area contributed by atoms with Crippen LogP contribution >= 0.6 is 11.6 Å². The van der Waals surface area contributed by atoms with E-state index in [1.807, 2.05) is 27.7 Å². The largest absolute Gasteiger partial charge is 0.500 e. The summed E-state index contributed by atoms with van der Waals surface area (Å²) in [6.45, 7) is 10.8. The second-order valence-electron chi connectivity index (χ2n) is 6.34. The van der Waals surface area contributed by atoms with Crippen LogP contribution in [-0.2, 0) is 9.31 Å². The zero-order valence-electron chi connectivity index (χ0n) is 13.4. The maximum Gasteiger partial charge on any atom is 0.500 e. The van der Waals surface area contributed by atoms with E-state index in [2.05, 4.69) is 11.9 Å². The summed E-state index contributed by atoms with van der Waals surface area (Å²) in [7, 11) is -0.516. The van der Waals surface area contributed by atoms with Gasteiger partial charge in [0, 0.05) is 11.7 Å². The molecular formula is C15H23BClNO3. The van der Waals surface area contributed by atoms with Gasteiger partial charge in [0.15, 0.2) is 0 Å². The summed E-state index contributed by atoms with van der Waals surface area (Å²) in [4.78, 5) is 4.28. The van der Waals surface area contributed by atoms with Gasteiger partial charge in [0.25, 0.3) is 0 Å². The minimum atomic E-state index is -0.516. The van der Waals surface area contributed by atoms with Gasteiger partial charge in [0.2, 0.25) is 5.88 Å². The van der Waals surface area contributed by atoms with E-state index in [9.17, 15) is 0 Å². The van der Waals surface area contributed by atoms with Crippen molar-refractivity contribution in [3.8, 4) is 5.88 Å². The zero-order chi connectivity index (χ0) is 15.7. The highest BCUT2D eigenvalue weighted by atomic mass is 35.5. The molecule has 0 saturated carbocycles. The van der Waals surface area contributed by atoms with Crippen LogP contribution in [0.2, 0.25) is 5.02 Å². The fourth-order valence-corrected chi connectivity index (χ4v) is 2.18. The van der Waals surface area contributed by atoms with Crippen LogP contribution in [-0.4, -0.2) is 29.9 Å². The molecule has 0 atom stereocenters. The van der Waals surface area contributed by atoms with Crippen molar-refractivity contribution in [2.75, 3.05) is 6.61 Å². The zero-order valence-corrected chi connectivity index (χ0v) is 14.2. The van der Waals surface area contributed by atoms with E-state index >= 15 is 0 Å². The predicted molar refractivity (Wildman–Crippen MR) is 85.4 cm³/mol. The summed E-state index contributed by atoms with van der Waals surface area (Å²) in [6, 6.07) is 1.80. The fourth-order valence-electron chi connectivity index (χ4n) is 2.02. The Morgan fingerprint density at radius 1 is 1.24 bits per heavy atom. The van der Waals surface area contributed by atoms with Crippen LogP contribution in [0.1, 0.15) is 47.5 Å². The number of nitrogens with zero attached hydrogens (tertiary/aromatic N) is 1. The summed E-state index contributed by atoms with van der Waals surface area (Å²) in [5.41, 5.74) is -0.0568. The summed E-state index contributed by atoms with van der Waals surface area (Å²) in [6.07, 6.45) is 3.63. The van der Waals surface area contributed by atoms with Crippen LogP contribution < -0.4 is 10.2 Å². The first kappa shape index (κ1) is 16.6. The number of ether oxygens (including phenoxy) is 1. The van der Waals surface area contributed by atoms with Crippen molar-refractivity contribution in [2.24, 2.45) is 0 Å².